The average molecular weight is 433 g/mol. The molecule has 0 spiro atoms. The first-order chi connectivity index (χ1) is 14.4. The number of rotatable bonds is 7. The van der Waals surface area contributed by atoms with Gasteiger partial charge in [0, 0.05) is 43.2 Å². The normalized spacial score (nSPS) is 14.4. The minimum Gasteiger partial charge on any atom is -0.367 e. The largest absolute Gasteiger partial charge is 0.367 e. The molecule has 3 amide bonds. The third kappa shape index (κ3) is 6.11. The van der Waals surface area contributed by atoms with Crippen LogP contribution in [0.15, 0.2) is 35.7 Å². The van der Waals surface area contributed by atoms with Crippen LogP contribution in [0.3, 0.4) is 0 Å². The summed E-state index contributed by atoms with van der Waals surface area (Å²) < 4.78 is 14.3. The van der Waals surface area contributed by atoms with Crippen molar-refractivity contribution in [1.82, 2.24) is 15.5 Å². The summed E-state index contributed by atoms with van der Waals surface area (Å²) in [7, 11) is 0. The molecular formula is C21H25FN4O3S. The van der Waals surface area contributed by atoms with Crippen molar-refractivity contribution in [1.29, 1.82) is 0 Å². The van der Waals surface area contributed by atoms with Gasteiger partial charge >= 0.3 is 6.03 Å². The van der Waals surface area contributed by atoms with E-state index in [1.54, 1.807) is 23.5 Å². The van der Waals surface area contributed by atoms with Gasteiger partial charge in [-0.1, -0.05) is 6.07 Å². The van der Waals surface area contributed by atoms with Gasteiger partial charge in [-0.25, -0.2) is 9.18 Å². The van der Waals surface area contributed by atoms with Crippen molar-refractivity contribution in [3.8, 4) is 0 Å². The molecule has 1 aliphatic rings. The van der Waals surface area contributed by atoms with E-state index in [0.29, 0.717) is 44.0 Å². The number of nitrogens with zero attached hydrogens (tertiary/aromatic N) is 2. The molecule has 1 aliphatic heterocycles. The number of imide groups is 1. The summed E-state index contributed by atoms with van der Waals surface area (Å²) in [6.45, 7) is 4.22. The van der Waals surface area contributed by atoms with Crippen LogP contribution in [0.1, 0.15) is 22.2 Å². The highest BCUT2D eigenvalue weighted by molar-refractivity contribution is 7.09. The number of urea groups is 1. The zero-order valence-corrected chi connectivity index (χ0v) is 17.6. The number of Topliss-reactive ketones (excluding diaryl/α,β-unsaturated/α-hetero) is 1. The summed E-state index contributed by atoms with van der Waals surface area (Å²) >= 11 is 1.63. The van der Waals surface area contributed by atoms with Crippen LogP contribution in [-0.2, 0) is 11.2 Å². The molecule has 1 aromatic carbocycles. The molecule has 9 heteroatoms. The Labute approximate surface area is 178 Å². The first kappa shape index (κ1) is 21.9. The van der Waals surface area contributed by atoms with Gasteiger partial charge in [-0.05, 0) is 43.0 Å². The predicted molar refractivity (Wildman–Crippen MR) is 115 cm³/mol. The molecule has 2 N–H and O–H groups in total. The Morgan fingerprint density at radius 1 is 1.13 bits per heavy atom. The van der Waals surface area contributed by atoms with Crippen molar-refractivity contribution in [3.05, 3.63) is 52.0 Å². The number of hydrogen-bond acceptors (Lipinski definition) is 6. The monoisotopic (exact) mass is 432 g/mol. The standard InChI is InChI=1S/C21H25FN4O3S/c1-15(27)16-4-5-19(18(22)13-16)26-10-8-25(9-11-26)14-20(28)24-21(29)23-7-6-17-3-2-12-30-17/h2-5,12-13H,6-11,14H2,1H3,(H2,23,24,28,29). The Balaban J connectivity index is 1.39. The Kier molecular flexibility index (Phi) is 7.53. The number of nitrogens with one attached hydrogen (secondary N) is 2. The zero-order valence-electron chi connectivity index (χ0n) is 16.8. The topological polar surface area (TPSA) is 81.8 Å². The molecule has 2 aromatic rings. The fourth-order valence-electron chi connectivity index (χ4n) is 3.30. The van der Waals surface area contributed by atoms with Crippen LogP contribution in [0, 0.1) is 5.82 Å². The molecule has 0 radical (unpaired) electrons. The second-order valence-corrected chi connectivity index (χ2v) is 8.15. The molecule has 7 nitrogen and oxygen atoms in total. The molecule has 0 bridgehead atoms. The van der Waals surface area contributed by atoms with Gasteiger partial charge in [0.1, 0.15) is 5.82 Å². The van der Waals surface area contributed by atoms with E-state index in [9.17, 15) is 18.8 Å². The van der Waals surface area contributed by atoms with Crippen molar-refractivity contribution in [2.24, 2.45) is 0 Å². The lowest BCUT2D eigenvalue weighted by Crippen LogP contribution is -2.51. The van der Waals surface area contributed by atoms with Crippen molar-refractivity contribution in [2.75, 3.05) is 44.2 Å². The Hall–Kier alpha value is -2.78. The van der Waals surface area contributed by atoms with E-state index >= 15 is 0 Å². The lowest BCUT2D eigenvalue weighted by Gasteiger charge is -2.35. The predicted octanol–water partition coefficient (Wildman–Crippen LogP) is 2.28. The summed E-state index contributed by atoms with van der Waals surface area (Å²) in [6.07, 6.45) is 0.727. The molecule has 0 saturated carbocycles. The maximum atomic E-state index is 14.3. The number of halogens is 1. The van der Waals surface area contributed by atoms with Gasteiger partial charge in [0.05, 0.1) is 12.2 Å². The number of thiophene rings is 1. The molecule has 0 unspecified atom stereocenters. The van der Waals surface area contributed by atoms with Crippen LogP contribution >= 0.6 is 11.3 Å². The number of carbonyl (C=O) groups is 3. The van der Waals surface area contributed by atoms with E-state index < -0.39 is 11.8 Å². The van der Waals surface area contributed by atoms with Crippen LogP contribution in [0.4, 0.5) is 14.9 Å². The van der Waals surface area contributed by atoms with E-state index in [2.05, 4.69) is 10.6 Å². The second kappa shape index (κ2) is 10.3. The fourth-order valence-corrected chi connectivity index (χ4v) is 4.01. The van der Waals surface area contributed by atoms with Gasteiger partial charge in [0.25, 0.3) is 0 Å². The maximum absolute atomic E-state index is 14.3. The van der Waals surface area contributed by atoms with Gasteiger partial charge in [-0.15, -0.1) is 11.3 Å². The van der Waals surface area contributed by atoms with E-state index in [1.165, 1.54) is 17.9 Å². The van der Waals surface area contributed by atoms with Crippen LogP contribution in [-0.4, -0.2) is 61.9 Å². The van der Waals surface area contributed by atoms with Gasteiger partial charge in [-0.2, -0.15) is 0 Å². The molecule has 0 atom stereocenters. The molecular weight excluding hydrogens is 407 g/mol. The molecule has 1 saturated heterocycles. The Morgan fingerprint density at radius 3 is 2.53 bits per heavy atom. The van der Waals surface area contributed by atoms with Crippen LogP contribution in [0.25, 0.3) is 0 Å². The number of piperazine rings is 1. The lowest BCUT2D eigenvalue weighted by atomic mass is 10.1. The molecule has 2 heterocycles. The summed E-state index contributed by atoms with van der Waals surface area (Å²) in [5.74, 6) is -0.964. The molecule has 0 aliphatic carbocycles. The number of hydrogen-bond donors (Lipinski definition) is 2. The van der Waals surface area contributed by atoms with Crippen molar-refractivity contribution >= 4 is 34.7 Å². The Bertz CT molecular complexity index is 896. The van der Waals surface area contributed by atoms with Gasteiger partial charge in [0.15, 0.2) is 5.78 Å². The number of ketones is 1. The molecule has 3 rings (SSSR count). The lowest BCUT2D eigenvalue weighted by molar-refractivity contribution is -0.121. The Morgan fingerprint density at radius 2 is 1.90 bits per heavy atom. The number of anilines is 1. The van der Waals surface area contributed by atoms with E-state index in [4.69, 9.17) is 0 Å². The highest BCUT2D eigenvalue weighted by Crippen LogP contribution is 2.22. The highest BCUT2D eigenvalue weighted by Gasteiger charge is 2.22. The number of amides is 3. The van der Waals surface area contributed by atoms with Crippen LogP contribution < -0.4 is 15.5 Å². The smallest absolute Gasteiger partial charge is 0.321 e. The zero-order chi connectivity index (χ0) is 21.5. The van der Waals surface area contributed by atoms with Gasteiger partial charge in [-0.3, -0.25) is 19.8 Å². The minimum atomic E-state index is -0.497. The maximum Gasteiger partial charge on any atom is 0.321 e. The average Bonchev–Trinajstić information content (AvgIpc) is 3.22. The van der Waals surface area contributed by atoms with Crippen LogP contribution in [0.2, 0.25) is 0 Å². The summed E-state index contributed by atoms with van der Waals surface area (Å²) in [5.41, 5.74) is 0.800. The van der Waals surface area contributed by atoms with Gasteiger partial charge < -0.3 is 10.2 Å². The van der Waals surface area contributed by atoms with Gasteiger partial charge in [0.2, 0.25) is 5.91 Å². The molecule has 160 valence electrons. The van der Waals surface area contributed by atoms with Crippen molar-refractivity contribution < 1.29 is 18.8 Å². The summed E-state index contributed by atoms with van der Waals surface area (Å²) in [6, 6.07) is 7.96. The SMILES string of the molecule is CC(=O)c1ccc(N2CCN(CC(=O)NC(=O)NCCc3cccs3)CC2)c(F)c1. The first-order valence-electron chi connectivity index (χ1n) is 9.80. The quantitative estimate of drug-likeness (QED) is 0.656. The number of carbonyl (C=O) groups excluding carboxylic acids is 3. The second-order valence-electron chi connectivity index (χ2n) is 7.12. The van der Waals surface area contributed by atoms with E-state index in [0.717, 1.165) is 6.42 Å². The van der Waals surface area contributed by atoms with E-state index in [1.807, 2.05) is 27.3 Å². The third-order valence-electron chi connectivity index (χ3n) is 4.92. The van der Waals surface area contributed by atoms with E-state index in [-0.39, 0.29) is 18.2 Å². The summed E-state index contributed by atoms with van der Waals surface area (Å²) in [4.78, 5) is 40.3. The van der Waals surface area contributed by atoms with Crippen LogP contribution in [0.5, 0.6) is 0 Å². The fraction of sp³-hybridized carbons (Fsp3) is 0.381. The summed E-state index contributed by atoms with van der Waals surface area (Å²) in [5, 5.41) is 7.00. The first-order valence-corrected chi connectivity index (χ1v) is 10.7. The third-order valence-corrected chi connectivity index (χ3v) is 5.86. The highest BCUT2D eigenvalue weighted by atomic mass is 32.1. The molecule has 30 heavy (non-hydrogen) atoms. The number of benzene rings is 1. The minimum absolute atomic E-state index is 0.109. The molecule has 1 fully saturated rings. The molecule has 1 aromatic heterocycles. The van der Waals surface area contributed by atoms with Crippen molar-refractivity contribution in [3.63, 3.8) is 0 Å². The van der Waals surface area contributed by atoms with Crippen molar-refractivity contribution in [2.45, 2.75) is 13.3 Å².